The molecule has 0 aliphatic rings. The van der Waals surface area contributed by atoms with Crippen LogP contribution in [0.25, 0.3) is 0 Å². The number of aldehydes is 1. The zero-order valence-corrected chi connectivity index (χ0v) is 48.3. The number of benzene rings is 3. The number of aliphatic imine (C=N–C) groups is 2. The van der Waals surface area contributed by atoms with E-state index in [0.29, 0.717) is 75.4 Å². The van der Waals surface area contributed by atoms with Crippen LogP contribution in [0.1, 0.15) is 49.2 Å². The summed E-state index contributed by atoms with van der Waals surface area (Å²) in [5, 5.41) is 14.4. The molecule has 0 saturated carbocycles. The molecule has 426 valence electrons. The molecule has 0 spiro atoms. The molecule has 0 saturated heterocycles. The Morgan fingerprint density at radius 2 is 1.13 bits per heavy atom. The summed E-state index contributed by atoms with van der Waals surface area (Å²) in [6.07, 6.45) is 4.02. The molecule has 3 rings (SSSR count). The summed E-state index contributed by atoms with van der Waals surface area (Å²) in [5.74, 6) is 0.390. The van der Waals surface area contributed by atoms with Crippen LogP contribution in [0.3, 0.4) is 0 Å². The molecule has 0 amide bonds. The van der Waals surface area contributed by atoms with Gasteiger partial charge < -0.3 is 100.0 Å². The molecule has 75 heavy (non-hydrogen) atoms. The van der Waals surface area contributed by atoms with Crippen molar-refractivity contribution in [2.75, 3.05) is 128 Å². The van der Waals surface area contributed by atoms with E-state index < -0.39 is 12.0 Å². The minimum absolute atomic E-state index is 0. The molecule has 0 heterocycles. The number of quaternary nitrogens is 2. The van der Waals surface area contributed by atoms with Gasteiger partial charge >= 0.3 is 35.0 Å². The summed E-state index contributed by atoms with van der Waals surface area (Å²) < 4.78 is 59.7. The van der Waals surface area contributed by atoms with Crippen LogP contribution in [0.15, 0.2) is 82.8 Å². The summed E-state index contributed by atoms with van der Waals surface area (Å²) in [4.78, 5) is 44.6. The standard InChI is InChI=1S/C26H34N2O8.C12H16O4.C6H15N.C4H10N2O2.2ClH.Mg.H2O4S.H/c1-30-12-14-33-19-35-24-10-6-4-8-21(24)16-27-18-23(26(29)32-3)28-17-22-9-5-7-11-25(22)36-20-34-15-13-31-2;1-14-6-7-15-10-16-9-12-5-3-2-4-11(12)8-13;1-4-7(5-2)6-3;1-8-4(7)3(6)2-5;;;;1-2-3-4-5;/h4-11,16-17,23H,12-15,18-20H2,1-3H3;2-5,8H,6-7,9-10H2,1H3;4-6H2,1-3H3;3H,2,5-6H2,1H3;2*1H;;1,5H;/q;;;;;;+2;;-1/p-1. The number of esters is 2. The first-order valence-corrected chi connectivity index (χ1v) is 23.0. The third-order valence-corrected chi connectivity index (χ3v) is 9.05. The Morgan fingerprint density at radius 3 is 1.52 bits per heavy atom. The van der Waals surface area contributed by atoms with Crippen molar-refractivity contribution in [3.05, 3.63) is 95.1 Å². The van der Waals surface area contributed by atoms with Crippen LogP contribution >= 0.6 is 12.9 Å². The molecular formula is C48H79Cl2MgN5O18S. The quantitative estimate of drug-likeness (QED) is 0.00495. The van der Waals surface area contributed by atoms with Crippen LogP contribution in [-0.2, 0) is 73.2 Å². The van der Waals surface area contributed by atoms with Crippen LogP contribution in [0, 0.1) is 0 Å². The van der Waals surface area contributed by atoms with Gasteiger partial charge in [0.1, 0.15) is 31.1 Å². The minimum atomic E-state index is -0.831. The van der Waals surface area contributed by atoms with E-state index in [9.17, 15) is 14.4 Å². The first-order valence-electron chi connectivity index (χ1n) is 22.6. The Balaban J connectivity index is -0.000000252. The van der Waals surface area contributed by atoms with Gasteiger partial charge in [-0.05, 0) is 49.5 Å². The molecule has 0 bridgehead atoms. The Morgan fingerprint density at radius 1 is 0.680 bits per heavy atom. The third kappa shape index (κ3) is 44.1. The van der Waals surface area contributed by atoms with E-state index in [2.05, 4.69) is 79.2 Å². The molecule has 23 nitrogen and oxygen atoms in total. The number of carbonyl (C=O) groups is 3. The minimum Gasteiger partial charge on any atom is -1.00 e. The smallest absolute Gasteiger partial charge is 1.00 e. The maximum absolute atomic E-state index is 12.3. The molecule has 27 heteroatoms. The number of carbonyl (C=O) groups excluding carboxylic acids is 3. The van der Waals surface area contributed by atoms with E-state index in [1.807, 2.05) is 60.7 Å². The molecule has 3 aromatic carbocycles. The van der Waals surface area contributed by atoms with E-state index >= 15 is 0 Å². The number of ether oxygens (including phenoxy) is 11. The Labute approximate surface area is 477 Å². The number of nitrogens with zero attached hydrogens (tertiary/aromatic N) is 3. The van der Waals surface area contributed by atoms with E-state index in [1.165, 1.54) is 33.9 Å². The van der Waals surface area contributed by atoms with Crippen molar-refractivity contribution in [3.63, 3.8) is 0 Å². The second kappa shape index (κ2) is 59.6. The number of thiol groups is 1. The number of hydrogen-bond donors (Lipinski definition) is 3. The summed E-state index contributed by atoms with van der Waals surface area (Å²) in [5.41, 5.74) is 9.94. The monoisotopic (exact) mass is 1140 g/mol. The average molecular weight is 1140 g/mol. The second-order valence-electron chi connectivity index (χ2n) is 13.7. The zero-order valence-electron chi connectivity index (χ0n) is 45.4. The fraction of sp³-hybridized carbons (Fsp3) is 0.521. The zero-order chi connectivity index (χ0) is 53.9. The van der Waals surface area contributed by atoms with Gasteiger partial charge in [0, 0.05) is 63.4 Å². The van der Waals surface area contributed by atoms with Gasteiger partial charge in [0.25, 0.3) is 0 Å². The third-order valence-electron chi connectivity index (χ3n) is 8.99. The van der Waals surface area contributed by atoms with E-state index in [0.717, 1.165) is 17.4 Å². The maximum atomic E-state index is 12.3. The molecule has 0 aliphatic heterocycles. The predicted octanol–water partition coefficient (Wildman–Crippen LogP) is -4.51. The van der Waals surface area contributed by atoms with Crippen molar-refractivity contribution in [2.24, 2.45) is 9.98 Å². The molecule has 6 N–H and O–H groups in total. The molecule has 0 fully saturated rings. The van der Waals surface area contributed by atoms with Crippen molar-refractivity contribution in [1.29, 1.82) is 0 Å². The van der Waals surface area contributed by atoms with Crippen LogP contribution in [0.4, 0.5) is 0 Å². The van der Waals surface area contributed by atoms with Crippen molar-refractivity contribution < 1.29 is 124 Å². The number of halogens is 2. The normalized spacial score (nSPS) is 10.9. The topological polar surface area (TPSA) is 287 Å². The number of rotatable bonds is 33. The summed E-state index contributed by atoms with van der Waals surface area (Å²) in [6, 6.07) is 20.9. The van der Waals surface area contributed by atoms with Crippen LogP contribution in [0.5, 0.6) is 11.5 Å². The van der Waals surface area contributed by atoms with E-state index in [1.54, 1.807) is 45.9 Å². The molecule has 0 aliphatic carbocycles. The number of methoxy groups -OCH3 is 5. The van der Waals surface area contributed by atoms with Gasteiger partial charge in [-0.3, -0.25) is 19.8 Å². The van der Waals surface area contributed by atoms with E-state index in [4.69, 9.17) is 52.6 Å². The van der Waals surface area contributed by atoms with Crippen LogP contribution < -0.4 is 51.0 Å². The Kier molecular flexibility index (Phi) is 63.7. The second-order valence-corrected chi connectivity index (χ2v) is 13.9. The van der Waals surface area contributed by atoms with E-state index in [-0.39, 0.29) is 88.2 Å². The first kappa shape index (κ1) is 80.2. The van der Waals surface area contributed by atoms with Crippen LogP contribution in [-0.4, -0.2) is 199 Å². The fourth-order valence-corrected chi connectivity index (χ4v) is 4.97. The fourth-order valence-electron chi connectivity index (χ4n) is 4.95. The van der Waals surface area contributed by atoms with Gasteiger partial charge in [-0.25, -0.2) is 9.59 Å². The summed E-state index contributed by atoms with van der Waals surface area (Å²) in [6.45, 7) is 14.3. The molecule has 2 unspecified atom stereocenters. The SMILES string of the molecule is CCN(CC)CC.COC(=O)C([NH3+])C[NH3+].COCCOCOCc1ccccc1C=O.COCCOCOc1ccccc1C=NCC(N=Cc1ccccc1OCOCCOC)C(=O)OC.[Cl-].[Cl-].[H-].[Mg+2].[O-]OOOS. The van der Waals surface area contributed by atoms with Gasteiger partial charge in [0.2, 0.25) is 6.04 Å². The molecule has 3 aromatic rings. The van der Waals surface area contributed by atoms with Crippen molar-refractivity contribution in [3.8, 4) is 11.5 Å². The van der Waals surface area contributed by atoms with Gasteiger partial charge in [-0.2, -0.15) is 0 Å². The summed E-state index contributed by atoms with van der Waals surface area (Å²) >= 11 is 2.95. The summed E-state index contributed by atoms with van der Waals surface area (Å²) in [7, 11) is 7.48. The molecule has 2 atom stereocenters. The molecular weight excluding hydrogens is 1060 g/mol. The number of hydrogen-bond acceptors (Lipinski definition) is 22. The molecule has 0 radical (unpaired) electrons. The Hall–Kier alpha value is -3.65. The van der Waals surface area contributed by atoms with Crippen molar-refractivity contribution in [2.45, 2.75) is 39.5 Å². The van der Waals surface area contributed by atoms with Gasteiger partial charge in [-0.15, -0.1) is 4.33 Å². The van der Waals surface area contributed by atoms with Crippen molar-refractivity contribution in [1.82, 2.24) is 4.90 Å². The number of para-hydroxylation sites is 2. The predicted molar refractivity (Wildman–Crippen MR) is 274 cm³/mol. The van der Waals surface area contributed by atoms with Gasteiger partial charge in [0.15, 0.2) is 19.6 Å². The van der Waals surface area contributed by atoms with Gasteiger partial charge in [-0.1, -0.05) is 74.3 Å². The average Bonchev–Trinajstić information content (AvgIpc) is 3.42. The largest absolute Gasteiger partial charge is 2.00 e. The van der Waals surface area contributed by atoms with Gasteiger partial charge in [0.05, 0.1) is 67.0 Å². The Bertz CT molecular complexity index is 1840. The van der Waals surface area contributed by atoms with Crippen LogP contribution in [0.2, 0.25) is 0 Å². The molecule has 0 aromatic heterocycles. The van der Waals surface area contributed by atoms with Crippen molar-refractivity contribution >= 4 is 66.6 Å². The first-order chi connectivity index (χ1) is 35.0. The maximum Gasteiger partial charge on any atom is 2.00 e.